The molecule has 0 bridgehead atoms. The van der Waals surface area contributed by atoms with E-state index in [2.05, 4.69) is 280 Å². The third-order valence-electron chi connectivity index (χ3n) is 32.8. The molecule has 632 valence electrons. The van der Waals surface area contributed by atoms with E-state index in [4.69, 9.17) is 0 Å². The second-order valence-corrected chi connectivity index (χ2v) is 41.3. The largest absolute Gasteiger partial charge is 0.310 e. The Bertz CT molecular complexity index is 5770. The predicted octanol–water partition coefficient (Wildman–Crippen LogP) is 35.6. The number of hydrogen-bond donors (Lipinski definition) is 0. The zero-order valence-electron chi connectivity index (χ0n) is 75.3. The molecule has 0 saturated heterocycles. The average molecular weight is 1630 g/mol. The van der Waals surface area contributed by atoms with Gasteiger partial charge in [-0.3, -0.25) is 0 Å². The lowest BCUT2D eigenvalue weighted by Crippen LogP contribution is -2.16. The summed E-state index contributed by atoms with van der Waals surface area (Å²) in [5.41, 5.74) is 45.8. The summed E-state index contributed by atoms with van der Waals surface area (Å²) in [7, 11) is 0. The molecule has 0 atom stereocenters. The van der Waals surface area contributed by atoms with E-state index in [1.165, 1.54) is 372 Å². The van der Waals surface area contributed by atoms with Crippen molar-refractivity contribution in [3.63, 3.8) is 0 Å². The van der Waals surface area contributed by atoms with E-state index in [0.717, 1.165) is 6.42 Å². The number of aryl methyl sites for hydroxylation is 2. The van der Waals surface area contributed by atoms with Gasteiger partial charge < -0.3 is 9.80 Å². The number of fused-ring (bicyclic) bond motifs is 8. The Kier molecular flexibility index (Phi) is 23.3. The molecule has 0 spiro atoms. The Morgan fingerprint density at radius 1 is 0.194 bits per heavy atom. The molecule has 0 N–H and O–H groups in total. The Balaban J connectivity index is 0.000000152. The van der Waals surface area contributed by atoms with E-state index >= 15 is 0 Å². The second kappa shape index (κ2) is 35.6. The minimum absolute atomic E-state index is 0.0569. The first-order valence-corrected chi connectivity index (χ1v) is 50.1. The molecule has 10 aliphatic carbocycles. The molecule has 2 nitrogen and oxygen atoms in total. The summed E-state index contributed by atoms with van der Waals surface area (Å²) in [6, 6.07) is 97.4. The molecular weight excluding hydrogens is 1490 g/mol. The maximum atomic E-state index is 2.66. The Hall–Kier alpha value is -9.76. The topological polar surface area (TPSA) is 6.48 Å². The number of benzene rings is 12. The fourth-order valence-electron chi connectivity index (χ4n) is 25.8. The van der Waals surface area contributed by atoms with Crippen LogP contribution in [-0.4, -0.2) is 0 Å². The quantitative estimate of drug-likeness (QED) is 0.0951. The zero-order chi connectivity index (χ0) is 83.2. The lowest BCUT2D eigenvalue weighted by Gasteiger charge is -2.30. The summed E-state index contributed by atoms with van der Waals surface area (Å²) in [5.74, 6) is 4.16. The number of nitrogens with zero attached hydrogens (tertiary/aromatic N) is 2. The van der Waals surface area contributed by atoms with Crippen molar-refractivity contribution in [2.24, 2.45) is 0 Å². The Morgan fingerprint density at radius 2 is 0.508 bits per heavy atom. The summed E-state index contributed by atoms with van der Waals surface area (Å²) in [4.78, 5) is 5.13. The molecule has 6 fully saturated rings. The second-order valence-electron chi connectivity index (χ2n) is 41.3. The summed E-state index contributed by atoms with van der Waals surface area (Å²) in [5, 5.41) is 0. The number of anilines is 6. The lowest BCUT2D eigenvalue weighted by atomic mass is 9.78. The number of hydrogen-bond acceptors (Lipinski definition) is 2. The zero-order valence-corrected chi connectivity index (χ0v) is 75.3. The van der Waals surface area contributed by atoms with Crippen molar-refractivity contribution in [2.45, 2.75) is 318 Å². The summed E-state index contributed by atoms with van der Waals surface area (Å²) < 4.78 is 0. The molecule has 124 heavy (non-hydrogen) atoms. The van der Waals surface area contributed by atoms with E-state index in [0.29, 0.717) is 35.5 Å². The maximum absolute atomic E-state index is 2.66. The lowest BCUT2D eigenvalue weighted by molar-refractivity contribution is 0.435. The van der Waals surface area contributed by atoms with Crippen molar-refractivity contribution >= 4 is 34.1 Å². The first-order valence-electron chi connectivity index (χ1n) is 50.1. The third-order valence-corrected chi connectivity index (χ3v) is 32.8. The van der Waals surface area contributed by atoms with Crippen LogP contribution in [-0.2, 0) is 36.5 Å². The van der Waals surface area contributed by atoms with Crippen LogP contribution in [0.15, 0.2) is 243 Å². The van der Waals surface area contributed by atoms with Crippen molar-refractivity contribution in [1.82, 2.24) is 0 Å². The monoisotopic (exact) mass is 1630 g/mol. The van der Waals surface area contributed by atoms with Crippen LogP contribution in [0.5, 0.6) is 0 Å². The minimum atomic E-state index is -0.0654. The van der Waals surface area contributed by atoms with E-state index < -0.39 is 0 Å². The molecule has 6 saturated carbocycles. The van der Waals surface area contributed by atoms with Crippen LogP contribution in [0.25, 0.3) is 66.8 Å². The first-order chi connectivity index (χ1) is 60.9. The molecule has 0 aliphatic heterocycles. The summed E-state index contributed by atoms with van der Waals surface area (Å²) in [6.45, 7) is 9.63. The fourth-order valence-corrected chi connectivity index (χ4v) is 25.8. The highest BCUT2D eigenvalue weighted by Crippen LogP contribution is 2.55. The first kappa shape index (κ1) is 81.3. The van der Waals surface area contributed by atoms with E-state index in [9.17, 15) is 0 Å². The standard InChI is InChI=1S/2C61H67N/c1-61(2)59-31-15-14-30-56(59)57-33-32-54(41-60(57)61)62(52-27-16-25-45(38-52)42-18-6-3-7-19-42)53-28-17-26-47(39-53)58-40-51(34-46-24-12-13-29-55(46)58)50-36-48(43-20-8-4-9-21-43)35-49(37-50)44-22-10-5-11-23-44;1-61(2)59-28-15-14-27-56(59)57-34-33-54(41-60(57)61)62(53-25-16-24-46(39-53)42-17-6-3-7-18-42)52-31-29-45(30-32-52)58-40-51(35-47-23-12-13-26-55(47)58)50-37-48(43-19-8-4-9-20-43)36-49(38-50)44-21-10-5-11-22-44/h14-17,25-28,30-44H,3-13,18-24,29H2,1-2H3;14-16,24-25,27-44H,3-13,17-23,26H2,1-2H3. The Labute approximate surface area is 744 Å². The highest BCUT2D eigenvalue weighted by Gasteiger charge is 2.39. The highest BCUT2D eigenvalue weighted by atomic mass is 15.1. The van der Waals surface area contributed by atoms with Crippen LogP contribution in [0.4, 0.5) is 34.1 Å². The predicted molar refractivity (Wildman–Crippen MR) is 527 cm³/mol. The SMILES string of the molecule is CC1(C)c2ccccc2-c2ccc(N(c3ccc(-c4cc(-c5cc(C6CCCCC6)cc(C6CCCCC6)c5)cc5c4CCCC5)cc3)c3cccc(C4CCCCC4)c3)cc21.CC1(C)c2ccccc2-c2ccc(N(c3cccc(-c4cc(-c5cc(C6CCCCC6)cc(C6CCCCC6)c5)cc5c4CCCC5)c3)c3cccc(C4CCCCC4)c3)cc21. The van der Waals surface area contributed by atoms with Crippen molar-refractivity contribution in [1.29, 1.82) is 0 Å². The van der Waals surface area contributed by atoms with Crippen molar-refractivity contribution < 1.29 is 0 Å². The van der Waals surface area contributed by atoms with Gasteiger partial charge in [-0.05, 0) is 394 Å². The molecule has 12 aromatic rings. The van der Waals surface area contributed by atoms with E-state index in [-0.39, 0.29) is 10.8 Å². The van der Waals surface area contributed by atoms with Crippen molar-refractivity contribution in [2.75, 3.05) is 9.80 Å². The number of rotatable bonds is 16. The van der Waals surface area contributed by atoms with E-state index in [1.807, 2.05) is 0 Å². The van der Waals surface area contributed by atoms with Gasteiger partial charge in [-0.25, -0.2) is 0 Å². The molecule has 0 unspecified atom stereocenters. The molecule has 10 aliphatic rings. The van der Waals surface area contributed by atoms with Crippen LogP contribution in [0.1, 0.15) is 359 Å². The van der Waals surface area contributed by atoms with Gasteiger partial charge in [0.05, 0.1) is 0 Å². The van der Waals surface area contributed by atoms with Gasteiger partial charge in [0.25, 0.3) is 0 Å². The third kappa shape index (κ3) is 16.3. The molecule has 2 heteroatoms. The molecule has 0 radical (unpaired) electrons. The molecule has 0 heterocycles. The van der Waals surface area contributed by atoms with Crippen LogP contribution >= 0.6 is 0 Å². The van der Waals surface area contributed by atoms with Gasteiger partial charge in [-0.1, -0.05) is 301 Å². The molecule has 22 rings (SSSR count). The van der Waals surface area contributed by atoms with Crippen LogP contribution in [0, 0.1) is 0 Å². The van der Waals surface area contributed by atoms with Gasteiger partial charge in [0.15, 0.2) is 0 Å². The Morgan fingerprint density at radius 3 is 0.911 bits per heavy atom. The smallest absolute Gasteiger partial charge is 0.0467 e. The van der Waals surface area contributed by atoms with Crippen LogP contribution in [0.3, 0.4) is 0 Å². The van der Waals surface area contributed by atoms with Crippen LogP contribution in [0.2, 0.25) is 0 Å². The van der Waals surface area contributed by atoms with Gasteiger partial charge in [-0.15, -0.1) is 0 Å². The van der Waals surface area contributed by atoms with Crippen molar-refractivity contribution in [3.05, 3.63) is 321 Å². The molecule has 0 amide bonds. The molecule has 12 aromatic carbocycles. The van der Waals surface area contributed by atoms with Crippen LogP contribution < -0.4 is 9.80 Å². The van der Waals surface area contributed by atoms with Crippen molar-refractivity contribution in [3.8, 4) is 66.8 Å². The average Bonchev–Trinajstić information content (AvgIpc) is 1.57. The minimum Gasteiger partial charge on any atom is -0.310 e. The fraction of sp³-hybridized carbons (Fsp3) is 0.410. The van der Waals surface area contributed by atoms with Gasteiger partial charge in [0, 0.05) is 45.0 Å². The van der Waals surface area contributed by atoms with Gasteiger partial charge >= 0.3 is 0 Å². The van der Waals surface area contributed by atoms with Gasteiger partial charge in [-0.2, -0.15) is 0 Å². The highest BCUT2D eigenvalue weighted by molar-refractivity contribution is 5.90. The normalized spacial score (nSPS) is 19.1. The summed E-state index contributed by atoms with van der Waals surface area (Å²) in [6.07, 6.45) is 50.7. The summed E-state index contributed by atoms with van der Waals surface area (Å²) >= 11 is 0. The van der Waals surface area contributed by atoms with Gasteiger partial charge in [0.1, 0.15) is 0 Å². The molecule has 0 aromatic heterocycles. The van der Waals surface area contributed by atoms with E-state index in [1.54, 1.807) is 44.5 Å². The maximum Gasteiger partial charge on any atom is 0.0467 e. The van der Waals surface area contributed by atoms with Gasteiger partial charge in [0.2, 0.25) is 0 Å². The molecular formula is C122H134N2.